The van der Waals surface area contributed by atoms with E-state index in [2.05, 4.69) is 5.32 Å². The standard InChI is InChI=1S/C16H19NO3/c1-10(17-16(18)11-5-3-6-11)14-9-12-7-4-8-13(19-2)15(12)20-14/h4,7-11H,3,5-6H2,1-2H3,(H,17,18)/t10-/m1/s1. The fourth-order valence-corrected chi connectivity index (χ4v) is 2.50. The first-order valence-corrected chi connectivity index (χ1v) is 7.06. The van der Waals surface area contributed by atoms with Gasteiger partial charge in [-0.3, -0.25) is 4.79 Å². The van der Waals surface area contributed by atoms with E-state index in [1.54, 1.807) is 7.11 Å². The van der Waals surface area contributed by atoms with Gasteiger partial charge in [-0.05, 0) is 31.9 Å². The molecule has 1 aromatic heterocycles. The van der Waals surface area contributed by atoms with Crippen molar-refractivity contribution in [3.63, 3.8) is 0 Å². The minimum atomic E-state index is -0.125. The molecule has 1 amide bonds. The first-order valence-electron chi connectivity index (χ1n) is 7.06. The van der Waals surface area contributed by atoms with Crippen LogP contribution in [-0.2, 0) is 4.79 Å². The molecule has 1 aromatic carbocycles. The van der Waals surface area contributed by atoms with Crippen molar-refractivity contribution in [1.29, 1.82) is 0 Å². The van der Waals surface area contributed by atoms with Crippen LogP contribution in [-0.4, -0.2) is 13.0 Å². The highest BCUT2D eigenvalue weighted by Crippen LogP contribution is 2.32. The smallest absolute Gasteiger partial charge is 0.223 e. The van der Waals surface area contributed by atoms with E-state index in [-0.39, 0.29) is 17.9 Å². The van der Waals surface area contributed by atoms with E-state index in [1.807, 2.05) is 31.2 Å². The molecule has 0 bridgehead atoms. The van der Waals surface area contributed by atoms with E-state index in [9.17, 15) is 4.79 Å². The van der Waals surface area contributed by atoms with Gasteiger partial charge in [-0.2, -0.15) is 0 Å². The number of hydrogen-bond acceptors (Lipinski definition) is 3. The van der Waals surface area contributed by atoms with Crippen molar-refractivity contribution < 1.29 is 13.9 Å². The van der Waals surface area contributed by atoms with Crippen molar-refractivity contribution in [2.75, 3.05) is 7.11 Å². The van der Waals surface area contributed by atoms with E-state index >= 15 is 0 Å². The van der Waals surface area contributed by atoms with Crippen LogP contribution in [0.3, 0.4) is 0 Å². The van der Waals surface area contributed by atoms with Crippen LogP contribution >= 0.6 is 0 Å². The molecule has 106 valence electrons. The van der Waals surface area contributed by atoms with Gasteiger partial charge in [0.25, 0.3) is 0 Å². The lowest BCUT2D eigenvalue weighted by molar-refractivity contribution is -0.128. The van der Waals surface area contributed by atoms with Crippen LogP contribution in [0.25, 0.3) is 11.0 Å². The molecule has 0 radical (unpaired) electrons. The van der Waals surface area contributed by atoms with Crippen molar-refractivity contribution in [2.24, 2.45) is 5.92 Å². The lowest BCUT2D eigenvalue weighted by Gasteiger charge is -2.25. The Labute approximate surface area is 118 Å². The summed E-state index contributed by atoms with van der Waals surface area (Å²) in [4.78, 5) is 12.0. The number of nitrogens with one attached hydrogen (secondary N) is 1. The Kier molecular flexibility index (Phi) is 3.38. The maximum Gasteiger partial charge on any atom is 0.223 e. The fourth-order valence-electron chi connectivity index (χ4n) is 2.50. The summed E-state index contributed by atoms with van der Waals surface area (Å²) in [6.07, 6.45) is 3.17. The predicted molar refractivity (Wildman–Crippen MR) is 76.7 cm³/mol. The first kappa shape index (κ1) is 13.0. The summed E-state index contributed by atoms with van der Waals surface area (Å²) < 4.78 is 11.1. The SMILES string of the molecule is COc1cccc2cc([C@@H](C)NC(=O)C3CCC3)oc12. The number of benzene rings is 1. The van der Waals surface area contributed by atoms with Crippen LogP contribution in [0.1, 0.15) is 38.0 Å². The second kappa shape index (κ2) is 5.19. The minimum Gasteiger partial charge on any atom is -0.493 e. The van der Waals surface area contributed by atoms with E-state index in [0.29, 0.717) is 5.75 Å². The zero-order chi connectivity index (χ0) is 14.1. The number of ether oxygens (including phenoxy) is 1. The number of rotatable bonds is 4. The summed E-state index contributed by atoms with van der Waals surface area (Å²) in [6, 6.07) is 7.61. The fraction of sp³-hybridized carbons (Fsp3) is 0.438. The quantitative estimate of drug-likeness (QED) is 0.928. The van der Waals surface area contributed by atoms with E-state index in [1.165, 1.54) is 0 Å². The van der Waals surface area contributed by atoms with Crippen molar-refractivity contribution in [2.45, 2.75) is 32.2 Å². The monoisotopic (exact) mass is 273 g/mol. The molecule has 1 aliphatic carbocycles. The van der Waals surface area contributed by atoms with Gasteiger partial charge >= 0.3 is 0 Å². The number of methoxy groups -OCH3 is 1. The highest BCUT2D eigenvalue weighted by Gasteiger charge is 2.27. The van der Waals surface area contributed by atoms with Crippen LogP contribution in [0.4, 0.5) is 0 Å². The Bertz CT molecular complexity index is 628. The highest BCUT2D eigenvalue weighted by molar-refractivity contribution is 5.84. The molecule has 1 atom stereocenters. The largest absolute Gasteiger partial charge is 0.493 e. The molecule has 4 nitrogen and oxygen atoms in total. The Hall–Kier alpha value is -1.97. The Balaban J connectivity index is 1.80. The average Bonchev–Trinajstić information content (AvgIpc) is 2.80. The molecule has 1 aliphatic rings. The first-order chi connectivity index (χ1) is 9.69. The zero-order valence-electron chi connectivity index (χ0n) is 11.8. The molecular formula is C16H19NO3. The molecule has 0 unspecified atom stereocenters. The van der Waals surface area contributed by atoms with E-state index in [0.717, 1.165) is 36.0 Å². The number of hydrogen-bond donors (Lipinski definition) is 1. The molecule has 1 saturated carbocycles. The normalized spacial score (nSPS) is 16.7. The van der Waals surface area contributed by atoms with Crippen LogP contribution in [0.2, 0.25) is 0 Å². The third-order valence-corrected chi connectivity index (χ3v) is 4.01. The molecule has 2 aromatic rings. The summed E-state index contributed by atoms with van der Waals surface area (Å²) in [5, 5.41) is 4.01. The topological polar surface area (TPSA) is 51.5 Å². The van der Waals surface area contributed by atoms with E-state index in [4.69, 9.17) is 9.15 Å². The van der Waals surface area contributed by atoms with Gasteiger partial charge in [0.2, 0.25) is 5.91 Å². The maximum atomic E-state index is 12.0. The molecule has 0 aliphatic heterocycles. The van der Waals surface area contributed by atoms with Crippen LogP contribution in [0.15, 0.2) is 28.7 Å². The van der Waals surface area contributed by atoms with Gasteiger partial charge in [-0.25, -0.2) is 0 Å². The van der Waals surface area contributed by atoms with Crippen LogP contribution < -0.4 is 10.1 Å². The van der Waals surface area contributed by atoms with Crippen molar-refractivity contribution in [3.8, 4) is 5.75 Å². The van der Waals surface area contributed by atoms with Crippen molar-refractivity contribution in [3.05, 3.63) is 30.0 Å². The summed E-state index contributed by atoms with van der Waals surface area (Å²) in [6.45, 7) is 1.95. The number of para-hydroxylation sites is 1. The van der Waals surface area contributed by atoms with Gasteiger partial charge in [0.05, 0.1) is 13.2 Å². The number of amides is 1. The number of furan rings is 1. The van der Waals surface area contributed by atoms with Crippen molar-refractivity contribution >= 4 is 16.9 Å². The van der Waals surface area contributed by atoms with Gasteiger partial charge < -0.3 is 14.5 Å². The predicted octanol–water partition coefficient (Wildman–Crippen LogP) is 3.42. The third-order valence-electron chi connectivity index (χ3n) is 4.01. The molecule has 3 rings (SSSR count). The molecule has 1 heterocycles. The molecule has 20 heavy (non-hydrogen) atoms. The second-order valence-electron chi connectivity index (χ2n) is 5.39. The van der Waals surface area contributed by atoms with Crippen molar-refractivity contribution in [1.82, 2.24) is 5.32 Å². The Morgan fingerprint density at radius 2 is 2.25 bits per heavy atom. The number of carbonyl (C=O) groups is 1. The molecule has 1 N–H and O–H groups in total. The highest BCUT2D eigenvalue weighted by atomic mass is 16.5. The van der Waals surface area contributed by atoms with Gasteiger partial charge in [-0.1, -0.05) is 18.6 Å². The molecule has 0 saturated heterocycles. The van der Waals surface area contributed by atoms with E-state index < -0.39 is 0 Å². The zero-order valence-corrected chi connectivity index (χ0v) is 11.8. The summed E-state index contributed by atoms with van der Waals surface area (Å²) in [7, 11) is 1.62. The minimum absolute atomic E-state index is 0.125. The van der Waals surface area contributed by atoms with Gasteiger partial charge in [0.15, 0.2) is 11.3 Å². The molecule has 1 fully saturated rings. The summed E-state index contributed by atoms with van der Waals surface area (Å²) >= 11 is 0. The lowest BCUT2D eigenvalue weighted by atomic mass is 9.84. The van der Waals surface area contributed by atoms with Gasteiger partial charge in [0.1, 0.15) is 5.76 Å². The van der Waals surface area contributed by atoms with Gasteiger partial charge in [0, 0.05) is 11.3 Å². The number of fused-ring (bicyclic) bond motifs is 1. The number of carbonyl (C=O) groups excluding carboxylic acids is 1. The Morgan fingerprint density at radius 1 is 1.45 bits per heavy atom. The molecule has 4 heteroatoms. The summed E-state index contributed by atoms with van der Waals surface area (Å²) in [5.74, 6) is 1.80. The third kappa shape index (κ3) is 2.26. The van der Waals surface area contributed by atoms with Gasteiger partial charge in [-0.15, -0.1) is 0 Å². The maximum absolute atomic E-state index is 12.0. The van der Waals surface area contributed by atoms with Crippen LogP contribution in [0.5, 0.6) is 5.75 Å². The average molecular weight is 273 g/mol. The summed E-state index contributed by atoms with van der Waals surface area (Å²) in [5.41, 5.74) is 0.731. The second-order valence-corrected chi connectivity index (χ2v) is 5.39. The molecular weight excluding hydrogens is 254 g/mol. The Morgan fingerprint density at radius 3 is 2.90 bits per heavy atom. The van der Waals surface area contributed by atoms with Crippen LogP contribution in [0, 0.1) is 5.92 Å². The molecule has 0 spiro atoms. The lowest BCUT2D eigenvalue weighted by Crippen LogP contribution is -2.35.